The highest BCUT2D eigenvalue weighted by molar-refractivity contribution is 6.31. The van der Waals surface area contributed by atoms with Crippen molar-refractivity contribution in [3.63, 3.8) is 0 Å². The van der Waals surface area contributed by atoms with Crippen LogP contribution in [-0.4, -0.2) is 73.1 Å². The number of ether oxygens (including phenoxy) is 1. The van der Waals surface area contributed by atoms with Gasteiger partial charge in [-0.15, -0.1) is 0 Å². The van der Waals surface area contributed by atoms with Gasteiger partial charge in [-0.3, -0.25) is 14.7 Å². The smallest absolute Gasteiger partial charge is 0.322 e. The van der Waals surface area contributed by atoms with Gasteiger partial charge >= 0.3 is 6.03 Å². The van der Waals surface area contributed by atoms with Crippen molar-refractivity contribution in [2.24, 2.45) is 11.8 Å². The number of nitrogens with zero attached hydrogens (tertiary/aromatic N) is 4. The number of hydrogen-bond donors (Lipinski definition) is 1. The van der Waals surface area contributed by atoms with Crippen molar-refractivity contribution in [1.82, 2.24) is 20.1 Å². The van der Waals surface area contributed by atoms with Crippen molar-refractivity contribution < 1.29 is 14.3 Å². The number of carbonyl (C=O) groups is 2. The summed E-state index contributed by atoms with van der Waals surface area (Å²) in [7, 11) is 1.64. The van der Waals surface area contributed by atoms with Crippen LogP contribution in [0.5, 0.6) is 5.75 Å². The molecule has 1 aromatic heterocycles. The quantitative estimate of drug-likeness (QED) is 0.358. The molecule has 222 valence electrons. The Kier molecular flexibility index (Phi) is 9.34. The fourth-order valence-corrected chi connectivity index (χ4v) is 6.36. The number of benzene rings is 2. The maximum absolute atomic E-state index is 13.4. The predicted octanol–water partition coefficient (Wildman–Crippen LogP) is 5.48. The molecule has 5 rings (SSSR count). The maximum atomic E-state index is 13.4. The number of halogens is 1. The van der Waals surface area contributed by atoms with Crippen molar-refractivity contribution in [3.8, 4) is 5.75 Å². The maximum Gasteiger partial charge on any atom is 0.322 e. The van der Waals surface area contributed by atoms with E-state index in [0.29, 0.717) is 29.9 Å². The van der Waals surface area contributed by atoms with Crippen LogP contribution in [0.3, 0.4) is 0 Å². The predicted molar refractivity (Wildman–Crippen MR) is 166 cm³/mol. The molecule has 42 heavy (non-hydrogen) atoms. The van der Waals surface area contributed by atoms with Gasteiger partial charge in [0.15, 0.2) is 0 Å². The summed E-state index contributed by atoms with van der Waals surface area (Å²) in [6, 6.07) is 15.2. The summed E-state index contributed by atoms with van der Waals surface area (Å²) in [4.78, 5) is 37.3. The third-order valence-corrected chi connectivity index (χ3v) is 8.99. The Morgan fingerprint density at radius 2 is 1.71 bits per heavy atom. The van der Waals surface area contributed by atoms with Crippen LogP contribution in [0.1, 0.15) is 39.2 Å². The molecule has 3 amide bonds. The number of anilines is 1. The largest absolute Gasteiger partial charge is 0.497 e. The minimum absolute atomic E-state index is 0.104. The topological polar surface area (TPSA) is 78.0 Å². The summed E-state index contributed by atoms with van der Waals surface area (Å²) < 4.78 is 5.23. The minimum Gasteiger partial charge on any atom is -0.497 e. The van der Waals surface area contributed by atoms with Crippen molar-refractivity contribution in [2.75, 3.05) is 51.3 Å². The first-order valence-corrected chi connectivity index (χ1v) is 15.0. The van der Waals surface area contributed by atoms with Gasteiger partial charge in [-0.1, -0.05) is 29.8 Å². The summed E-state index contributed by atoms with van der Waals surface area (Å²) in [6.07, 6.45) is 2.59. The molecule has 2 atom stereocenters. The molecule has 3 heterocycles. The van der Waals surface area contributed by atoms with Crippen LogP contribution in [-0.2, 0) is 6.54 Å². The van der Waals surface area contributed by atoms with E-state index in [2.05, 4.69) is 15.2 Å². The summed E-state index contributed by atoms with van der Waals surface area (Å²) >= 11 is 6.44. The van der Waals surface area contributed by atoms with Crippen molar-refractivity contribution in [2.45, 2.75) is 33.7 Å². The van der Waals surface area contributed by atoms with E-state index in [0.717, 1.165) is 78.5 Å². The molecule has 8 nitrogen and oxygen atoms in total. The van der Waals surface area contributed by atoms with Gasteiger partial charge in [-0.2, -0.15) is 0 Å². The number of carbonyl (C=O) groups excluding carboxylic acids is 2. The molecule has 1 N–H and O–H groups in total. The standard InChI is InChI=1S/C33H40ClN5O3/c1-22-6-9-28(16-30(22)34)39(33(41)36-17-25-7-10-29(42-4)11-8-25)15-5-14-37-18-26-20-38(21-27(26)19-37)32(40)31-23(2)12-13-35-24(31)3/h6-13,16,26-27H,5,14-15,17-21H2,1-4H3,(H,36,41). The van der Waals surface area contributed by atoms with E-state index in [9.17, 15) is 9.59 Å². The number of likely N-dealkylation sites (tertiary alicyclic amines) is 2. The number of pyridine rings is 1. The summed E-state index contributed by atoms with van der Waals surface area (Å²) in [6.45, 7) is 11.2. The Hall–Kier alpha value is -3.62. The molecular weight excluding hydrogens is 550 g/mol. The minimum atomic E-state index is -0.154. The Labute approximate surface area is 253 Å². The van der Waals surface area contributed by atoms with E-state index in [1.807, 2.05) is 74.2 Å². The lowest BCUT2D eigenvalue weighted by Gasteiger charge is -2.26. The first-order valence-electron chi connectivity index (χ1n) is 14.6. The van der Waals surface area contributed by atoms with E-state index in [-0.39, 0.29) is 11.9 Å². The van der Waals surface area contributed by atoms with Gasteiger partial charge in [0.2, 0.25) is 0 Å². The van der Waals surface area contributed by atoms with Crippen LogP contribution in [0.4, 0.5) is 10.5 Å². The first-order chi connectivity index (χ1) is 20.2. The number of amides is 3. The SMILES string of the molecule is COc1ccc(CNC(=O)N(CCCN2CC3CN(C(=O)c4c(C)ccnc4C)CC3C2)c2ccc(C)c(Cl)c2)cc1. The van der Waals surface area contributed by atoms with E-state index in [1.54, 1.807) is 18.2 Å². The Bertz CT molecular complexity index is 1400. The first kappa shape index (κ1) is 29.9. The molecule has 2 aromatic carbocycles. The lowest BCUT2D eigenvalue weighted by molar-refractivity contribution is 0.0772. The Morgan fingerprint density at radius 1 is 1.00 bits per heavy atom. The normalized spacial score (nSPS) is 18.2. The molecule has 0 aliphatic carbocycles. The van der Waals surface area contributed by atoms with Crippen LogP contribution in [0.2, 0.25) is 5.02 Å². The van der Waals surface area contributed by atoms with E-state index >= 15 is 0 Å². The van der Waals surface area contributed by atoms with E-state index < -0.39 is 0 Å². The van der Waals surface area contributed by atoms with Crippen molar-refractivity contribution in [1.29, 1.82) is 0 Å². The number of aromatic nitrogens is 1. The van der Waals surface area contributed by atoms with Crippen molar-refractivity contribution in [3.05, 3.63) is 87.7 Å². The second-order valence-corrected chi connectivity index (χ2v) is 11.9. The number of hydrogen-bond acceptors (Lipinski definition) is 5. The number of aryl methyl sites for hydroxylation is 3. The van der Waals surface area contributed by atoms with Gasteiger partial charge in [-0.25, -0.2) is 4.79 Å². The molecule has 0 bridgehead atoms. The molecule has 2 saturated heterocycles. The molecule has 2 fully saturated rings. The van der Waals surface area contributed by atoms with E-state index in [1.165, 1.54) is 0 Å². The van der Waals surface area contributed by atoms with Crippen molar-refractivity contribution >= 4 is 29.2 Å². The number of fused-ring (bicyclic) bond motifs is 1. The van der Waals surface area contributed by atoms with Crippen LogP contribution in [0.15, 0.2) is 54.7 Å². The fourth-order valence-electron chi connectivity index (χ4n) is 6.18. The highest BCUT2D eigenvalue weighted by atomic mass is 35.5. The molecule has 0 spiro atoms. The summed E-state index contributed by atoms with van der Waals surface area (Å²) in [5, 5.41) is 3.71. The highest BCUT2D eigenvalue weighted by Crippen LogP contribution is 2.33. The average molecular weight is 590 g/mol. The molecule has 2 aliphatic rings. The van der Waals surface area contributed by atoms with Gasteiger partial charge < -0.3 is 19.9 Å². The van der Waals surface area contributed by atoms with E-state index in [4.69, 9.17) is 16.3 Å². The lowest BCUT2D eigenvalue weighted by Crippen LogP contribution is -2.41. The molecule has 2 unspecified atom stereocenters. The number of rotatable bonds is 9. The van der Waals surface area contributed by atoms with Gasteiger partial charge in [0.1, 0.15) is 5.75 Å². The Morgan fingerprint density at radius 3 is 2.36 bits per heavy atom. The molecule has 2 aliphatic heterocycles. The molecular formula is C33H40ClN5O3. The highest BCUT2D eigenvalue weighted by Gasteiger charge is 2.42. The van der Waals surface area contributed by atoms with Crippen LogP contribution in [0, 0.1) is 32.6 Å². The van der Waals surface area contributed by atoms with Gasteiger partial charge in [0.25, 0.3) is 5.91 Å². The number of urea groups is 1. The average Bonchev–Trinajstić information content (AvgIpc) is 3.55. The van der Waals surface area contributed by atoms with Crippen LogP contribution in [0.25, 0.3) is 0 Å². The second kappa shape index (κ2) is 13.1. The Balaban J connectivity index is 1.16. The number of nitrogens with one attached hydrogen (secondary N) is 1. The summed E-state index contributed by atoms with van der Waals surface area (Å²) in [5.74, 6) is 1.84. The molecule has 3 aromatic rings. The third-order valence-electron chi connectivity index (χ3n) is 8.58. The third kappa shape index (κ3) is 6.71. The van der Waals surface area contributed by atoms with Gasteiger partial charge in [-0.05, 0) is 92.6 Å². The zero-order valence-electron chi connectivity index (χ0n) is 24.9. The van der Waals surface area contributed by atoms with Crippen LogP contribution >= 0.6 is 11.6 Å². The molecule has 0 saturated carbocycles. The zero-order valence-corrected chi connectivity index (χ0v) is 25.7. The number of methoxy groups -OCH3 is 1. The molecule has 0 radical (unpaired) electrons. The van der Waals surface area contributed by atoms with Gasteiger partial charge in [0, 0.05) is 56.2 Å². The zero-order chi connectivity index (χ0) is 29.8. The molecule has 9 heteroatoms. The monoisotopic (exact) mass is 589 g/mol. The van der Waals surface area contributed by atoms with Crippen LogP contribution < -0.4 is 15.0 Å². The summed E-state index contributed by atoms with van der Waals surface area (Å²) in [5.41, 5.74) is 5.28. The second-order valence-electron chi connectivity index (χ2n) is 11.5. The van der Waals surface area contributed by atoms with Gasteiger partial charge in [0.05, 0.1) is 18.4 Å². The fraction of sp³-hybridized carbons (Fsp3) is 0.424. The lowest BCUT2D eigenvalue weighted by atomic mass is 10.0.